The normalized spacial score (nSPS) is 21.2. The smallest absolute Gasteiger partial charge is 0.329 e. The van der Waals surface area contributed by atoms with Crippen molar-refractivity contribution in [2.45, 2.75) is 42.9 Å². The first-order valence-corrected chi connectivity index (χ1v) is 9.05. The van der Waals surface area contributed by atoms with Crippen molar-refractivity contribution in [2.75, 3.05) is 6.54 Å². The van der Waals surface area contributed by atoms with E-state index in [1.54, 1.807) is 6.92 Å². The quantitative estimate of drug-likeness (QED) is 0.426. The second-order valence-electron chi connectivity index (χ2n) is 5.85. The maximum absolute atomic E-state index is 12.5. The number of benzene rings is 1. The fourth-order valence-electron chi connectivity index (χ4n) is 2.69. The molecule has 130 valence electrons. The molecule has 3 atom stereocenters. The molecule has 0 spiro atoms. The average Bonchev–Trinajstić information content (AvgIpc) is 2.94. The van der Waals surface area contributed by atoms with Gasteiger partial charge >= 0.3 is 5.97 Å². The lowest BCUT2D eigenvalue weighted by molar-refractivity contribution is -0.155. The van der Waals surface area contributed by atoms with Gasteiger partial charge in [0.15, 0.2) is 0 Å². The van der Waals surface area contributed by atoms with Crippen LogP contribution in [0.1, 0.15) is 25.8 Å². The second-order valence-corrected chi connectivity index (χ2v) is 7.62. The Labute approximate surface area is 155 Å². The van der Waals surface area contributed by atoms with E-state index in [1.165, 1.54) is 11.8 Å². The van der Waals surface area contributed by atoms with Crippen LogP contribution < -0.4 is 5.32 Å². The summed E-state index contributed by atoms with van der Waals surface area (Å²) in [6, 6.07) is 8.16. The maximum Gasteiger partial charge on any atom is 0.329 e. The summed E-state index contributed by atoms with van der Waals surface area (Å²) in [5, 5.41) is 2.57. The molecule has 0 bridgehead atoms. The first-order chi connectivity index (χ1) is 11.4. The van der Waals surface area contributed by atoms with Crippen molar-refractivity contribution in [3.05, 3.63) is 35.9 Å². The van der Waals surface area contributed by atoms with Gasteiger partial charge in [-0.15, -0.1) is 0 Å². The third-order valence-corrected chi connectivity index (χ3v) is 4.72. The fourth-order valence-corrected chi connectivity index (χ4v) is 3.60. The molecule has 1 saturated heterocycles. The predicted molar refractivity (Wildman–Crippen MR) is 97.4 cm³/mol. The molecule has 1 aliphatic rings. The van der Waals surface area contributed by atoms with Gasteiger partial charge < -0.3 is 15.0 Å². The van der Waals surface area contributed by atoms with Gasteiger partial charge in [0.05, 0.1) is 0 Å². The molecule has 2 rings (SSSR count). The van der Waals surface area contributed by atoms with Gasteiger partial charge in [0.2, 0.25) is 11.8 Å². The van der Waals surface area contributed by atoms with Gasteiger partial charge in [0.1, 0.15) is 18.7 Å². The van der Waals surface area contributed by atoms with E-state index >= 15 is 0 Å². The first-order valence-electron chi connectivity index (χ1n) is 7.80. The number of carbonyl (C=O) groups excluding carboxylic acids is 3. The zero-order valence-electron chi connectivity index (χ0n) is 13.7. The molecule has 0 unspecified atom stereocenters. The summed E-state index contributed by atoms with van der Waals surface area (Å²) in [6.45, 7) is 3.65. The first kappa shape index (κ1) is 18.7. The average molecular weight is 444 g/mol. The van der Waals surface area contributed by atoms with Gasteiger partial charge in [0, 0.05) is 17.4 Å². The number of nitrogens with zero attached hydrogens (tertiary/aromatic N) is 1. The molecule has 24 heavy (non-hydrogen) atoms. The standard InChI is InChI=1S/C17H21IN2O4/c1-11(19-12(2)21)16(22)20-9-14(18)8-15(20)17(23)24-10-13-6-4-3-5-7-13/h3-7,11,14-15H,8-10H2,1-2H3,(H,19,21)/t11-,14+,15-/m0/s1. The number of halogens is 1. The number of likely N-dealkylation sites (tertiary alicyclic amines) is 1. The van der Waals surface area contributed by atoms with Gasteiger partial charge in [-0.1, -0.05) is 52.9 Å². The molecule has 6 nitrogen and oxygen atoms in total. The Hall–Kier alpha value is -1.64. The molecule has 1 aromatic carbocycles. The topological polar surface area (TPSA) is 75.7 Å². The van der Waals surface area contributed by atoms with Crippen LogP contribution in [-0.4, -0.2) is 45.2 Å². The highest BCUT2D eigenvalue weighted by atomic mass is 127. The molecule has 1 fully saturated rings. The molecule has 1 aromatic rings. The fraction of sp³-hybridized carbons (Fsp3) is 0.471. The molecule has 1 aliphatic heterocycles. The molecule has 7 heteroatoms. The third kappa shape index (κ3) is 4.93. The highest BCUT2D eigenvalue weighted by molar-refractivity contribution is 14.1. The van der Waals surface area contributed by atoms with Crippen LogP contribution in [0, 0.1) is 0 Å². The zero-order valence-corrected chi connectivity index (χ0v) is 15.9. The summed E-state index contributed by atoms with van der Waals surface area (Å²) in [6.07, 6.45) is 0.562. The number of hydrogen-bond donors (Lipinski definition) is 1. The SMILES string of the molecule is CC(=O)N[C@@H](C)C(=O)N1C[C@H](I)C[C@H]1C(=O)OCc1ccccc1. The van der Waals surface area contributed by atoms with Crippen molar-refractivity contribution in [3.8, 4) is 0 Å². The molecule has 2 amide bonds. The molecule has 1 heterocycles. The van der Waals surface area contributed by atoms with E-state index in [0.717, 1.165) is 5.56 Å². The van der Waals surface area contributed by atoms with E-state index in [4.69, 9.17) is 4.74 Å². The number of nitrogens with one attached hydrogen (secondary N) is 1. The van der Waals surface area contributed by atoms with Crippen LogP contribution in [-0.2, 0) is 25.7 Å². The summed E-state index contributed by atoms with van der Waals surface area (Å²) in [5.41, 5.74) is 0.902. The summed E-state index contributed by atoms with van der Waals surface area (Å²) in [4.78, 5) is 37.6. The lowest BCUT2D eigenvalue weighted by Gasteiger charge is -2.26. The predicted octanol–water partition coefficient (Wildman–Crippen LogP) is 1.66. The van der Waals surface area contributed by atoms with E-state index in [-0.39, 0.29) is 22.3 Å². The zero-order chi connectivity index (χ0) is 17.7. The Morgan fingerprint density at radius 3 is 2.62 bits per heavy atom. The number of alkyl halides is 1. The minimum Gasteiger partial charge on any atom is -0.459 e. The molecule has 1 N–H and O–H groups in total. The van der Waals surface area contributed by atoms with Gasteiger partial charge in [-0.05, 0) is 18.9 Å². The lowest BCUT2D eigenvalue weighted by Crippen LogP contribution is -2.50. The van der Waals surface area contributed by atoms with Crippen molar-refractivity contribution in [3.63, 3.8) is 0 Å². The van der Waals surface area contributed by atoms with Crippen LogP contribution in [0.25, 0.3) is 0 Å². The summed E-state index contributed by atoms with van der Waals surface area (Å²) < 4.78 is 5.56. The van der Waals surface area contributed by atoms with E-state index in [2.05, 4.69) is 27.9 Å². The number of hydrogen-bond acceptors (Lipinski definition) is 4. The monoisotopic (exact) mass is 444 g/mol. The van der Waals surface area contributed by atoms with Crippen LogP contribution in [0.3, 0.4) is 0 Å². The van der Waals surface area contributed by atoms with Crippen molar-refractivity contribution in [1.82, 2.24) is 10.2 Å². The molecule has 0 aromatic heterocycles. The van der Waals surface area contributed by atoms with Gasteiger partial charge in [-0.25, -0.2) is 4.79 Å². The Morgan fingerprint density at radius 2 is 2.00 bits per heavy atom. The molecule has 0 saturated carbocycles. The number of carbonyl (C=O) groups is 3. The van der Waals surface area contributed by atoms with Crippen LogP contribution in [0.4, 0.5) is 0 Å². The van der Waals surface area contributed by atoms with E-state index in [0.29, 0.717) is 13.0 Å². The molecule has 0 radical (unpaired) electrons. The number of amides is 2. The van der Waals surface area contributed by atoms with E-state index in [1.807, 2.05) is 30.3 Å². The second kappa shape index (κ2) is 8.46. The van der Waals surface area contributed by atoms with Crippen molar-refractivity contribution >= 4 is 40.4 Å². The summed E-state index contributed by atoms with van der Waals surface area (Å²) in [5.74, 6) is -0.934. The molecular formula is C17H21IN2O4. The molecular weight excluding hydrogens is 423 g/mol. The number of esters is 1. The maximum atomic E-state index is 12.5. The summed E-state index contributed by atoms with van der Waals surface area (Å²) in [7, 11) is 0. The third-order valence-electron chi connectivity index (χ3n) is 3.82. The Kier molecular flexibility index (Phi) is 6.59. The van der Waals surface area contributed by atoms with Crippen molar-refractivity contribution < 1.29 is 19.1 Å². The van der Waals surface area contributed by atoms with Gasteiger partial charge in [0.25, 0.3) is 0 Å². The van der Waals surface area contributed by atoms with Crippen LogP contribution >= 0.6 is 22.6 Å². The minimum absolute atomic E-state index is 0.186. The van der Waals surface area contributed by atoms with E-state index in [9.17, 15) is 14.4 Å². The van der Waals surface area contributed by atoms with Gasteiger partial charge in [-0.3, -0.25) is 9.59 Å². The van der Waals surface area contributed by atoms with Crippen LogP contribution in [0.2, 0.25) is 0 Å². The number of rotatable bonds is 5. The Bertz CT molecular complexity index is 608. The Morgan fingerprint density at radius 1 is 1.33 bits per heavy atom. The highest BCUT2D eigenvalue weighted by Crippen LogP contribution is 2.26. The lowest BCUT2D eigenvalue weighted by atomic mass is 10.2. The van der Waals surface area contributed by atoms with Crippen LogP contribution in [0.15, 0.2) is 30.3 Å². The minimum atomic E-state index is -0.659. The van der Waals surface area contributed by atoms with Crippen molar-refractivity contribution in [1.29, 1.82) is 0 Å². The Balaban J connectivity index is 1.99. The highest BCUT2D eigenvalue weighted by Gasteiger charge is 2.41. The van der Waals surface area contributed by atoms with E-state index < -0.39 is 18.1 Å². The van der Waals surface area contributed by atoms with Crippen molar-refractivity contribution in [2.24, 2.45) is 0 Å². The van der Waals surface area contributed by atoms with Crippen LogP contribution in [0.5, 0.6) is 0 Å². The largest absolute Gasteiger partial charge is 0.459 e. The summed E-state index contributed by atoms with van der Waals surface area (Å²) >= 11 is 2.23. The van der Waals surface area contributed by atoms with Gasteiger partial charge in [-0.2, -0.15) is 0 Å². The molecule has 0 aliphatic carbocycles. The number of ether oxygens (including phenoxy) is 1.